The molecule has 0 aromatic rings. The van der Waals surface area contributed by atoms with Crippen LogP contribution in [-0.4, -0.2) is 38.3 Å². The van der Waals surface area contributed by atoms with Gasteiger partial charge in [-0.15, -0.1) is 0 Å². The molecule has 0 bridgehead atoms. The second-order valence-corrected chi connectivity index (χ2v) is 6.99. The number of amides is 1. The lowest BCUT2D eigenvalue weighted by atomic mass is 9.79. The third-order valence-electron chi connectivity index (χ3n) is 3.24. The second kappa shape index (κ2) is 4.82. The van der Waals surface area contributed by atoms with E-state index in [0.29, 0.717) is 0 Å². The summed E-state index contributed by atoms with van der Waals surface area (Å²) < 4.78 is -1.64. The van der Waals surface area contributed by atoms with E-state index in [2.05, 4.69) is 0 Å². The summed E-state index contributed by atoms with van der Waals surface area (Å²) in [5, 5.41) is 9.11. The molecule has 0 aliphatic carbocycles. The Bertz CT molecular complexity index is 338. The van der Waals surface area contributed by atoms with E-state index in [4.69, 9.17) is 39.9 Å². The van der Waals surface area contributed by atoms with E-state index in [9.17, 15) is 9.59 Å². The molecular formula is C10H14Cl3NO3. The maximum Gasteiger partial charge on any atom is 0.407 e. The van der Waals surface area contributed by atoms with Crippen molar-refractivity contribution in [2.45, 2.75) is 36.5 Å². The Labute approximate surface area is 115 Å². The number of nitrogens with zero attached hydrogens (tertiary/aromatic N) is 1. The molecule has 0 aromatic carbocycles. The van der Waals surface area contributed by atoms with Crippen LogP contribution in [0, 0.1) is 5.41 Å². The number of rotatable bonds is 1. The van der Waals surface area contributed by atoms with Crippen LogP contribution in [0.3, 0.4) is 0 Å². The Hall–Kier alpha value is -0.190. The zero-order valence-corrected chi connectivity index (χ0v) is 11.8. The summed E-state index contributed by atoms with van der Waals surface area (Å²) in [7, 11) is 0. The Kier molecular flexibility index (Phi) is 4.22. The van der Waals surface area contributed by atoms with Gasteiger partial charge in [-0.2, -0.15) is 0 Å². The molecule has 1 rings (SSSR count). The molecule has 1 saturated heterocycles. The summed E-state index contributed by atoms with van der Waals surface area (Å²) in [6, 6.07) is -0.617. The van der Waals surface area contributed by atoms with Crippen LogP contribution >= 0.6 is 34.8 Å². The minimum absolute atomic E-state index is 0.00479. The summed E-state index contributed by atoms with van der Waals surface area (Å²) in [6.07, 6.45) is -0.781. The molecule has 1 heterocycles. The molecular weight excluding hydrogens is 288 g/mol. The number of likely N-dealkylation sites (tertiary alicyclic amines) is 1. The summed E-state index contributed by atoms with van der Waals surface area (Å²) in [5.74, 6) is -0.00479. The molecule has 7 heteroatoms. The van der Waals surface area contributed by atoms with Crippen LogP contribution in [0.2, 0.25) is 0 Å². The van der Waals surface area contributed by atoms with Gasteiger partial charge < -0.3 is 10.0 Å². The molecule has 0 radical (unpaired) electrons. The van der Waals surface area contributed by atoms with Gasteiger partial charge in [0.25, 0.3) is 0 Å². The van der Waals surface area contributed by atoms with E-state index in [-0.39, 0.29) is 25.2 Å². The lowest BCUT2D eigenvalue weighted by Crippen LogP contribution is -2.56. The quantitative estimate of drug-likeness (QED) is 0.757. The van der Waals surface area contributed by atoms with E-state index in [0.717, 1.165) is 0 Å². The molecule has 1 aliphatic heterocycles. The fraction of sp³-hybridized carbons (Fsp3) is 0.800. The van der Waals surface area contributed by atoms with Crippen LogP contribution in [0.25, 0.3) is 0 Å². The van der Waals surface area contributed by atoms with Crippen LogP contribution < -0.4 is 0 Å². The average molecular weight is 303 g/mol. The normalized spacial score (nSPS) is 22.8. The van der Waals surface area contributed by atoms with Crippen molar-refractivity contribution < 1.29 is 14.7 Å². The van der Waals surface area contributed by atoms with Crippen LogP contribution in [0.15, 0.2) is 0 Å². The number of ketones is 1. The van der Waals surface area contributed by atoms with E-state index < -0.39 is 21.3 Å². The minimum Gasteiger partial charge on any atom is -0.465 e. The molecule has 0 aromatic heterocycles. The predicted molar refractivity (Wildman–Crippen MR) is 66.8 cm³/mol. The van der Waals surface area contributed by atoms with Gasteiger partial charge in [-0.3, -0.25) is 4.79 Å². The third-order valence-corrected chi connectivity index (χ3v) is 4.70. The molecule has 0 saturated carbocycles. The first kappa shape index (κ1) is 14.9. The smallest absolute Gasteiger partial charge is 0.407 e. The van der Waals surface area contributed by atoms with Gasteiger partial charge in [0.2, 0.25) is 0 Å². The topological polar surface area (TPSA) is 57.6 Å². The van der Waals surface area contributed by atoms with Gasteiger partial charge in [0, 0.05) is 24.8 Å². The molecule has 98 valence electrons. The molecule has 1 N–H and O–H groups in total. The lowest BCUT2D eigenvalue weighted by Gasteiger charge is -2.46. The third kappa shape index (κ3) is 2.98. The second-order valence-electron chi connectivity index (χ2n) is 4.70. The molecule has 1 fully saturated rings. The molecule has 1 amide bonds. The molecule has 4 nitrogen and oxygen atoms in total. The van der Waals surface area contributed by atoms with Gasteiger partial charge in [0.1, 0.15) is 5.78 Å². The lowest BCUT2D eigenvalue weighted by molar-refractivity contribution is -0.124. The highest BCUT2D eigenvalue weighted by atomic mass is 35.6. The maximum absolute atomic E-state index is 11.5. The van der Waals surface area contributed by atoms with Gasteiger partial charge >= 0.3 is 6.09 Å². The van der Waals surface area contributed by atoms with Crippen molar-refractivity contribution in [1.82, 2.24) is 4.90 Å². The number of hydrogen-bond donors (Lipinski definition) is 1. The first-order valence-electron chi connectivity index (χ1n) is 5.15. The monoisotopic (exact) mass is 301 g/mol. The van der Waals surface area contributed by atoms with E-state index in [1.165, 1.54) is 4.90 Å². The van der Waals surface area contributed by atoms with Crippen molar-refractivity contribution >= 4 is 46.7 Å². The van der Waals surface area contributed by atoms with E-state index in [1.54, 1.807) is 13.8 Å². The highest BCUT2D eigenvalue weighted by molar-refractivity contribution is 6.68. The van der Waals surface area contributed by atoms with E-state index in [1.807, 2.05) is 0 Å². The average Bonchev–Trinajstić information content (AvgIpc) is 2.15. The number of halogens is 3. The molecule has 1 aliphatic rings. The fourth-order valence-electron chi connectivity index (χ4n) is 1.89. The van der Waals surface area contributed by atoms with Gasteiger partial charge in [0.05, 0.1) is 6.04 Å². The van der Waals surface area contributed by atoms with Crippen LogP contribution in [0.1, 0.15) is 26.7 Å². The largest absolute Gasteiger partial charge is 0.465 e. The van der Waals surface area contributed by atoms with Crippen molar-refractivity contribution in [3.8, 4) is 0 Å². The first-order valence-corrected chi connectivity index (χ1v) is 6.28. The SMILES string of the molecule is CC(C)(C1CC(=O)CCN1C(=O)O)C(Cl)(Cl)Cl. The number of carboxylic acid groups (broad SMARTS) is 1. The standard InChI is InChI=1S/C10H14Cl3NO3/c1-9(2,10(11,12)13)7-5-6(15)3-4-14(7)8(16)17/h7H,3-5H2,1-2H3,(H,16,17). The van der Waals surface area contributed by atoms with Crippen LogP contribution in [-0.2, 0) is 4.79 Å². The minimum atomic E-state index is -1.64. The fourth-order valence-corrected chi connectivity index (χ4v) is 2.27. The van der Waals surface area contributed by atoms with Gasteiger partial charge in [0.15, 0.2) is 3.79 Å². The Morgan fingerprint density at radius 1 is 1.41 bits per heavy atom. The zero-order valence-electron chi connectivity index (χ0n) is 9.54. The highest BCUT2D eigenvalue weighted by Crippen LogP contribution is 2.49. The van der Waals surface area contributed by atoms with Gasteiger partial charge in [-0.25, -0.2) is 4.79 Å². The zero-order chi connectivity index (χ0) is 13.4. The first-order chi connectivity index (χ1) is 7.57. The van der Waals surface area contributed by atoms with Crippen molar-refractivity contribution in [1.29, 1.82) is 0 Å². The summed E-state index contributed by atoms with van der Waals surface area (Å²) in [5.41, 5.74) is -0.938. The number of piperidine rings is 1. The van der Waals surface area contributed by atoms with Crippen molar-refractivity contribution in [3.05, 3.63) is 0 Å². The maximum atomic E-state index is 11.5. The summed E-state index contributed by atoms with van der Waals surface area (Å²) in [6.45, 7) is 3.46. The predicted octanol–water partition coefficient (Wildman–Crippen LogP) is 3.09. The van der Waals surface area contributed by atoms with Crippen molar-refractivity contribution in [2.24, 2.45) is 5.41 Å². The molecule has 1 unspecified atom stereocenters. The van der Waals surface area contributed by atoms with Crippen LogP contribution in [0.5, 0.6) is 0 Å². The summed E-state index contributed by atoms with van der Waals surface area (Å²) in [4.78, 5) is 23.8. The molecule has 1 atom stereocenters. The number of Topliss-reactive ketones (excluding diaryl/α,β-unsaturated/α-hetero) is 1. The Balaban J connectivity index is 3.05. The van der Waals surface area contributed by atoms with Crippen molar-refractivity contribution in [2.75, 3.05) is 6.54 Å². The number of hydrogen-bond acceptors (Lipinski definition) is 2. The number of carbonyl (C=O) groups is 2. The number of carbonyl (C=O) groups excluding carboxylic acids is 1. The van der Waals surface area contributed by atoms with Gasteiger partial charge in [-0.05, 0) is 0 Å². The van der Waals surface area contributed by atoms with Crippen LogP contribution in [0.4, 0.5) is 4.79 Å². The molecule has 0 spiro atoms. The Morgan fingerprint density at radius 2 is 1.94 bits per heavy atom. The van der Waals surface area contributed by atoms with E-state index >= 15 is 0 Å². The number of alkyl halides is 3. The summed E-state index contributed by atoms with van der Waals surface area (Å²) >= 11 is 17.6. The Morgan fingerprint density at radius 3 is 2.35 bits per heavy atom. The molecule has 17 heavy (non-hydrogen) atoms. The van der Waals surface area contributed by atoms with Gasteiger partial charge in [-0.1, -0.05) is 48.7 Å². The highest BCUT2D eigenvalue weighted by Gasteiger charge is 2.51. The van der Waals surface area contributed by atoms with Crippen molar-refractivity contribution in [3.63, 3.8) is 0 Å².